The lowest BCUT2D eigenvalue weighted by atomic mass is 10.3. The molecule has 0 bridgehead atoms. The molecule has 0 saturated heterocycles. The molecule has 0 rings (SSSR count). The van der Waals surface area contributed by atoms with Crippen LogP contribution < -0.4 is 17.1 Å². The summed E-state index contributed by atoms with van der Waals surface area (Å²) in [6, 6.07) is 0. The SMILES string of the molecule is CC.CCC/C(N)=N/NN. The molecule has 10 heavy (non-hydrogen) atoms. The predicted molar refractivity (Wildman–Crippen MR) is 45.2 cm³/mol. The summed E-state index contributed by atoms with van der Waals surface area (Å²) in [6.45, 7) is 6.03. The first-order valence-corrected chi connectivity index (χ1v) is 3.59. The maximum absolute atomic E-state index is 5.30. The minimum atomic E-state index is 0.551. The molecule has 0 aromatic carbocycles. The molecule has 0 aromatic rings. The van der Waals surface area contributed by atoms with Crippen molar-refractivity contribution in [2.24, 2.45) is 16.7 Å². The molecule has 0 aromatic heterocycles. The molecule has 4 nitrogen and oxygen atoms in total. The zero-order valence-corrected chi connectivity index (χ0v) is 7.02. The van der Waals surface area contributed by atoms with Crippen LogP contribution in [0.4, 0.5) is 0 Å². The third-order valence-corrected chi connectivity index (χ3v) is 0.714. The Morgan fingerprint density at radius 2 is 2.00 bits per heavy atom. The van der Waals surface area contributed by atoms with Gasteiger partial charge in [0.1, 0.15) is 5.84 Å². The molecule has 0 fully saturated rings. The number of hydrogen-bond donors (Lipinski definition) is 3. The van der Waals surface area contributed by atoms with E-state index in [1.54, 1.807) is 0 Å². The predicted octanol–water partition coefficient (Wildman–Crippen LogP) is 0.548. The number of hydrazine groups is 1. The fourth-order valence-electron chi connectivity index (χ4n) is 0.395. The fourth-order valence-corrected chi connectivity index (χ4v) is 0.395. The molecular weight excluding hydrogens is 128 g/mol. The Bertz CT molecular complexity index is 79.8. The Morgan fingerprint density at radius 3 is 2.30 bits per heavy atom. The van der Waals surface area contributed by atoms with Crippen molar-refractivity contribution in [3.8, 4) is 0 Å². The summed E-state index contributed by atoms with van der Waals surface area (Å²) in [4.78, 5) is 0. The molecule has 4 heteroatoms. The van der Waals surface area contributed by atoms with Gasteiger partial charge < -0.3 is 5.73 Å². The van der Waals surface area contributed by atoms with E-state index in [0.717, 1.165) is 12.8 Å². The highest BCUT2D eigenvalue weighted by atomic mass is 15.5. The molecule has 0 spiro atoms. The van der Waals surface area contributed by atoms with Crippen LogP contribution in [0.25, 0.3) is 0 Å². The molecule has 0 atom stereocenters. The van der Waals surface area contributed by atoms with Gasteiger partial charge in [-0.3, -0.25) is 0 Å². The van der Waals surface area contributed by atoms with E-state index in [0.29, 0.717) is 5.84 Å². The second kappa shape index (κ2) is 11.1. The minimum Gasteiger partial charge on any atom is -0.386 e. The van der Waals surface area contributed by atoms with Crippen molar-refractivity contribution in [3.63, 3.8) is 0 Å². The summed E-state index contributed by atoms with van der Waals surface area (Å²) in [6.07, 6.45) is 1.79. The number of nitrogens with one attached hydrogen (secondary N) is 1. The fraction of sp³-hybridized carbons (Fsp3) is 0.833. The number of hydrazone groups is 1. The van der Waals surface area contributed by atoms with E-state index in [1.165, 1.54) is 0 Å². The average molecular weight is 146 g/mol. The van der Waals surface area contributed by atoms with Gasteiger partial charge in [0.25, 0.3) is 0 Å². The van der Waals surface area contributed by atoms with Gasteiger partial charge in [0.2, 0.25) is 0 Å². The summed E-state index contributed by atoms with van der Waals surface area (Å²) >= 11 is 0. The minimum absolute atomic E-state index is 0.551. The third-order valence-electron chi connectivity index (χ3n) is 0.714. The molecule has 0 radical (unpaired) electrons. The van der Waals surface area contributed by atoms with Gasteiger partial charge in [-0.25, -0.2) is 11.4 Å². The molecule has 0 saturated carbocycles. The quantitative estimate of drug-likeness (QED) is 0.235. The monoisotopic (exact) mass is 146 g/mol. The average Bonchev–Trinajstić information content (AvgIpc) is 1.93. The van der Waals surface area contributed by atoms with Crippen LogP contribution in [0.15, 0.2) is 5.10 Å². The lowest BCUT2D eigenvalue weighted by molar-refractivity contribution is 0.791. The summed E-state index contributed by atoms with van der Waals surface area (Å²) in [5, 5.41) is 3.54. The van der Waals surface area contributed by atoms with Crippen LogP contribution in [0, 0.1) is 0 Å². The highest BCUT2D eigenvalue weighted by Gasteiger charge is 1.84. The summed E-state index contributed by atoms with van der Waals surface area (Å²) in [5.74, 6) is 5.39. The Kier molecular flexibility index (Phi) is 13.3. The van der Waals surface area contributed by atoms with Crippen LogP contribution in [0.5, 0.6) is 0 Å². The molecule has 0 heterocycles. The van der Waals surface area contributed by atoms with E-state index in [9.17, 15) is 0 Å². The number of nitrogens with two attached hydrogens (primary N) is 2. The second-order valence-corrected chi connectivity index (χ2v) is 1.48. The lowest BCUT2D eigenvalue weighted by Crippen LogP contribution is -2.21. The smallest absolute Gasteiger partial charge is 0.121 e. The zero-order chi connectivity index (χ0) is 8.41. The maximum Gasteiger partial charge on any atom is 0.121 e. The maximum atomic E-state index is 5.30. The third kappa shape index (κ3) is 10.3. The largest absolute Gasteiger partial charge is 0.386 e. The van der Waals surface area contributed by atoms with Gasteiger partial charge in [-0.2, -0.15) is 5.10 Å². The van der Waals surface area contributed by atoms with Gasteiger partial charge in [-0.05, 0) is 6.42 Å². The number of rotatable bonds is 3. The van der Waals surface area contributed by atoms with E-state index >= 15 is 0 Å². The first-order valence-electron chi connectivity index (χ1n) is 3.59. The van der Waals surface area contributed by atoms with Gasteiger partial charge in [-0.1, -0.05) is 20.8 Å². The van der Waals surface area contributed by atoms with E-state index in [1.807, 2.05) is 20.8 Å². The molecule has 62 valence electrons. The summed E-state index contributed by atoms with van der Waals surface area (Å²) in [7, 11) is 0. The normalized spacial score (nSPS) is 9.80. The van der Waals surface area contributed by atoms with Crippen molar-refractivity contribution in [1.29, 1.82) is 0 Å². The summed E-state index contributed by atoms with van der Waals surface area (Å²) in [5.41, 5.74) is 7.42. The zero-order valence-electron chi connectivity index (χ0n) is 7.02. The Morgan fingerprint density at radius 1 is 1.50 bits per heavy atom. The second-order valence-electron chi connectivity index (χ2n) is 1.48. The van der Waals surface area contributed by atoms with Crippen LogP contribution in [0.3, 0.4) is 0 Å². The first-order chi connectivity index (χ1) is 4.81. The molecule has 0 aliphatic carbocycles. The lowest BCUT2D eigenvalue weighted by Gasteiger charge is -1.93. The molecule has 5 N–H and O–H groups in total. The number of amidine groups is 1. The molecule has 0 aliphatic heterocycles. The standard InChI is InChI=1S/C4H12N4.C2H6/c1-2-3-4(5)7-8-6;1-2/h8H,2-3,6H2,1H3,(H2,5,7);1-2H3. The Balaban J connectivity index is 0. The van der Waals surface area contributed by atoms with Crippen molar-refractivity contribution in [2.75, 3.05) is 0 Å². The van der Waals surface area contributed by atoms with Crippen molar-refractivity contribution < 1.29 is 0 Å². The van der Waals surface area contributed by atoms with Crippen LogP contribution in [-0.4, -0.2) is 5.84 Å². The van der Waals surface area contributed by atoms with Crippen molar-refractivity contribution in [3.05, 3.63) is 0 Å². The summed E-state index contributed by atoms with van der Waals surface area (Å²) < 4.78 is 0. The Hall–Kier alpha value is -0.770. The topological polar surface area (TPSA) is 76.4 Å². The van der Waals surface area contributed by atoms with E-state index in [2.05, 4.69) is 10.6 Å². The van der Waals surface area contributed by atoms with E-state index in [-0.39, 0.29) is 0 Å². The van der Waals surface area contributed by atoms with E-state index < -0.39 is 0 Å². The van der Waals surface area contributed by atoms with Gasteiger partial charge in [0, 0.05) is 6.42 Å². The van der Waals surface area contributed by atoms with Crippen LogP contribution in [0.1, 0.15) is 33.6 Å². The van der Waals surface area contributed by atoms with Crippen molar-refractivity contribution in [1.82, 2.24) is 5.53 Å². The molecular formula is C6H18N4. The van der Waals surface area contributed by atoms with Gasteiger partial charge in [-0.15, -0.1) is 0 Å². The van der Waals surface area contributed by atoms with Crippen LogP contribution in [0.2, 0.25) is 0 Å². The Labute approximate surface area is 62.6 Å². The number of nitrogens with zero attached hydrogens (tertiary/aromatic N) is 1. The van der Waals surface area contributed by atoms with Crippen molar-refractivity contribution in [2.45, 2.75) is 33.6 Å². The van der Waals surface area contributed by atoms with Crippen molar-refractivity contribution >= 4 is 5.84 Å². The van der Waals surface area contributed by atoms with Gasteiger partial charge >= 0.3 is 0 Å². The molecule has 0 unspecified atom stereocenters. The molecule has 0 amide bonds. The molecule has 0 aliphatic rings. The number of hydrogen-bond acceptors (Lipinski definition) is 3. The highest BCUT2D eigenvalue weighted by molar-refractivity contribution is 5.79. The van der Waals surface area contributed by atoms with Crippen LogP contribution in [-0.2, 0) is 0 Å². The highest BCUT2D eigenvalue weighted by Crippen LogP contribution is 1.83. The first kappa shape index (κ1) is 12.0. The van der Waals surface area contributed by atoms with E-state index in [4.69, 9.17) is 11.6 Å². The van der Waals surface area contributed by atoms with Gasteiger partial charge in [0.15, 0.2) is 0 Å². The van der Waals surface area contributed by atoms with Crippen LogP contribution >= 0.6 is 0 Å². The van der Waals surface area contributed by atoms with Gasteiger partial charge in [0.05, 0.1) is 0 Å².